The Balaban J connectivity index is 1.62. The smallest absolute Gasteiger partial charge is 0.258 e. The Labute approximate surface area is 194 Å². The van der Waals surface area contributed by atoms with E-state index in [1.807, 2.05) is 20.8 Å². The molecule has 32 heavy (non-hydrogen) atoms. The van der Waals surface area contributed by atoms with Gasteiger partial charge in [-0.1, -0.05) is 23.7 Å². The lowest BCUT2D eigenvalue weighted by Crippen LogP contribution is -2.40. The van der Waals surface area contributed by atoms with Crippen molar-refractivity contribution in [2.24, 2.45) is 0 Å². The van der Waals surface area contributed by atoms with Crippen molar-refractivity contribution < 1.29 is 22.7 Å². The van der Waals surface area contributed by atoms with Crippen molar-refractivity contribution >= 4 is 27.5 Å². The van der Waals surface area contributed by atoms with Gasteiger partial charge in [-0.05, 0) is 68.1 Å². The second-order valence-corrected chi connectivity index (χ2v) is 10.3. The maximum absolute atomic E-state index is 12.8. The molecule has 2 aromatic rings. The number of hydrogen-bond donors (Lipinski definition) is 1. The van der Waals surface area contributed by atoms with Crippen LogP contribution in [0.25, 0.3) is 0 Å². The predicted octanol–water partition coefficient (Wildman–Crippen LogP) is 3.54. The normalized spacial score (nSPS) is 15.9. The van der Waals surface area contributed by atoms with E-state index >= 15 is 0 Å². The Morgan fingerprint density at radius 2 is 1.78 bits per heavy atom. The number of benzene rings is 2. The molecule has 174 valence electrons. The van der Waals surface area contributed by atoms with Crippen LogP contribution < -0.4 is 10.1 Å². The molecule has 1 fully saturated rings. The van der Waals surface area contributed by atoms with Gasteiger partial charge >= 0.3 is 0 Å². The van der Waals surface area contributed by atoms with E-state index in [-0.39, 0.29) is 34.2 Å². The van der Waals surface area contributed by atoms with Crippen LogP contribution in [0.3, 0.4) is 0 Å². The van der Waals surface area contributed by atoms with Crippen molar-refractivity contribution in [3.63, 3.8) is 0 Å². The maximum Gasteiger partial charge on any atom is 0.258 e. The molecule has 2 aromatic carbocycles. The molecule has 1 atom stereocenters. The molecule has 1 N–H and O–H groups in total. The fourth-order valence-electron chi connectivity index (χ4n) is 3.65. The molecule has 0 saturated carbocycles. The SMILES string of the molecule is Cc1cc(C)c([C@@H](C)NC(=O)COc2ccc(S(=O)(=O)N3CCOCC3)cc2Cl)cc1C. The zero-order valence-corrected chi connectivity index (χ0v) is 20.3. The van der Waals surface area contributed by atoms with Crippen LogP contribution >= 0.6 is 11.6 Å². The largest absolute Gasteiger partial charge is 0.482 e. The zero-order valence-electron chi connectivity index (χ0n) is 18.8. The Bertz CT molecular complexity index is 1100. The Hall–Kier alpha value is -2.13. The number of aryl methyl sites for hydroxylation is 3. The van der Waals surface area contributed by atoms with Crippen molar-refractivity contribution in [2.75, 3.05) is 32.9 Å². The fraction of sp³-hybridized carbons (Fsp3) is 0.435. The first-order valence-electron chi connectivity index (χ1n) is 10.5. The van der Waals surface area contributed by atoms with E-state index in [0.29, 0.717) is 26.3 Å². The number of carbonyl (C=O) groups is 1. The van der Waals surface area contributed by atoms with Crippen molar-refractivity contribution in [3.8, 4) is 5.75 Å². The van der Waals surface area contributed by atoms with Gasteiger partial charge in [-0.15, -0.1) is 0 Å². The molecule has 0 aliphatic carbocycles. The van der Waals surface area contributed by atoms with Gasteiger partial charge in [0, 0.05) is 13.1 Å². The number of halogens is 1. The predicted molar refractivity (Wildman–Crippen MR) is 124 cm³/mol. The monoisotopic (exact) mass is 480 g/mol. The van der Waals surface area contributed by atoms with E-state index in [1.54, 1.807) is 0 Å². The molecule has 0 bridgehead atoms. The van der Waals surface area contributed by atoms with Crippen LogP contribution in [0.5, 0.6) is 5.75 Å². The lowest BCUT2D eigenvalue weighted by atomic mass is 9.96. The van der Waals surface area contributed by atoms with Crippen LogP contribution in [-0.4, -0.2) is 51.5 Å². The first kappa shape index (κ1) is 24.5. The van der Waals surface area contributed by atoms with Gasteiger partial charge in [0.15, 0.2) is 6.61 Å². The highest BCUT2D eigenvalue weighted by Crippen LogP contribution is 2.29. The van der Waals surface area contributed by atoms with Gasteiger partial charge in [0.05, 0.1) is 29.2 Å². The molecule has 1 amide bonds. The average Bonchev–Trinajstić information content (AvgIpc) is 2.75. The van der Waals surface area contributed by atoms with Gasteiger partial charge in [-0.3, -0.25) is 4.79 Å². The van der Waals surface area contributed by atoms with E-state index in [0.717, 1.165) is 11.1 Å². The number of nitrogens with zero attached hydrogens (tertiary/aromatic N) is 1. The summed E-state index contributed by atoms with van der Waals surface area (Å²) in [7, 11) is -3.66. The van der Waals surface area contributed by atoms with Crippen molar-refractivity contribution in [1.82, 2.24) is 9.62 Å². The number of nitrogens with one attached hydrogen (secondary N) is 1. The van der Waals surface area contributed by atoms with Crippen LogP contribution in [0.1, 0.15) is 35.2 Å². The summed E-state index contributed by atoms with van der Waals surface area (Å²) in [6.45, 7) is 9.15. The number of ether oxygens (including phenoxy) is 2. The minimum Gasteiger partial charge on any atom is -0.482 e. The summed E-state index contributed by atoms with van der Waals surface area (Å²) in [6, 6.07) is 8.27. The number of amides is 1. The molecule has 1 heterocycles. The van der Waals surface area contributed by atoms with Crippen LogP contribution in [0.2, 0.25) is 5.02 Å². The first-order valence-corrected chi connectivity index (χ1v) is 12.3. The highest BCUT2D eigenvalue weighted by atomic mass is 35.5. The number of carbonyl (C=O) groups excluding carboxylic acids is 1. The Morgan fingerprint density at radius 3 is 2.44 bits per heavy atom. The number of morpholine rings is 1. The summed E-state index contributed by atoms with van der Waals surface area (Å²) in [5, 5.41) is 3.06. The minimum atomic E-state index is -3.66. The van der Waals surface area contributed by atoms with Gasteiger partial charge < -0.3 is 14.8 Å². The van der Waals surface area contributed by atoms with Crippen LogP contribution in [0, 0.1) is 20.8 Å². The van der Waals surface area contributed by atoms with Gasteiger partial charge in [-0.25, -0.2) is 8.42 Å². The van der Waals surface area contributed by atoms with Gasteiger partial charge in [-0.2, -0.15) is 4.31 Å². The van der Waals surface area contributed by atoms with E-state index in [9.17, 15) is 13.2 Å². The highest BCUT2D eigenvalue weighted by molar-refractivity contribution is 7.89. The molecule has 7 nitrogen and oxygen atoms in total. The minimum absolute atomic E-state index is 0.0834. The van der Waals surface area contributed by atoms with Crippen molar-refractivity contribution in [2.45, 2.75) is 38.6 Å². The summed E-state index contributed by atoms with van der Waals surface area (Å²) in [5.41, 5.74) is 4.54. The molecule has 0 spiro atoms. The number of hydrogen-bond acceptors (Lipinski definition) is 5. The molecular weight excluding hydrogens is 452 g/mol. The fourth-order valence-corrected chi connectivity index (χ4v) is 5.38. The molecule has 0 aromatic heterocycles. The Morgan fingerprint density at radius 1 is 1.12 bits per heavy atom. The Kier molecular flexibility index (Phi) is 7.82. The quantitative estimate of drug-likeness (QED) is 0.655. The van der Waals surface area contributed by atoms with Crippen LogP contribution in [-0.2, 0) is 19.6 Å². The second-order valence-electron chi connectivity index (χ2n) is 7.98. The third kappa shape index (κ3) is 5.61. The lowest BCUT2D eigenvalue weighted by Gasteiger charge is -2.26. The summed E-state index contributed by atoms with van der Waals surface area (Å²) < 4.78 is 37.6. The third-order valence-electron chi connectivity index (χ3n) is 5.60. The summed E-state index contributed by atoms with van der Waals surface area (Å²) >= 11 is 6.25. The van der Waals surface area contributed by atoms with Crippen molar-refractivity contribution in [3.05, 3.63) is 57.6 Å². The topological polar surface area (TPSA) is 84.9 Å². The maximum atomic E-state index is 12.8. The third-order valence-corrected chi connectivity index (χ3v) is 7.79. The van der Waals surface area contributed by atoms with E-state index in [2.05, 4.69) is 24.4 Å². The molecular formula is C23H29ClN2O5S. The van der Waals surface area contributed by atoms with E-state index < -0.39 is 10.0 Å². The van der Waals surface area contributed by atoms with Gasteiger partial charge in [0.1, 0.15) is 5.75 Å². The average molecular weight is 481 g/mol. The van der Waals surface area contributed by atoms with Crippen molar-refractivity contribution in [1.29, 1.82) is 0 Å². The summed E-state index contributed by atoms with van der Waals surface area (Å²) in [4.78, 5) is 12.5. The lowest BCUT2D eigenvalue weighted by molar-refractivity contribution is -0.123. The molecule has 9 heteroatoms. The van der Waals surface area contributed by atoms with Crippen LogP contribution in [0.15, 0.2) is 35.2 Å². The highest BCUT2D eigenvalue weighted by Gasteiger charge is 2.27. The van der Waals surface area contributed by atoms with Gasteiger partial charge in [0.2, 0.25) is 10.0 Å². The summed E-state index contributed by atoms with van der Waals surface area (Å²) in [6.07, 6.45) is 0. The van der Waals surface area contributed by atoms with Gasteiger partial charge in [0.25, 0.3) is 5.91 Å². The standard InChI is InChI=1S/C23H29ClN2O5S/c1-15-11-17(3)20(12-16(15)2)18(4)25-23(27)14-31-22-6-5-19(13-21(22)24)32(28,29)26-7-9-30-10-8-26/h5-6,11-13,18H,7-10,14H2,1-4H3,(H,25,27)/t18-/m1/s1. The van der Waals surface area contributed by atoms with E-state index in [4.69, 9.17) is 21.1 Å². The molecule has 1 aliphatic rings. The zero-order chi connectivity index (χ0) is 23.5. The number of rotatable bonds is 7. The molecule has 0 radical (unpaired) electrons. The number of sulfonamides is 1. The molecule has 0 unspecified atom stereocenters. The first-order chi connectivity index (χ1) is 15.1. The molecule has 1 aliphatic heterocycles. The second kappa shape index (κ2) is 10.2. The van der Waals surface area contributed by atoms with Crippen LogP contribution in [0.4, 0.5) is 0 Å². The summed E-state index contributed by atoms with van der Waals surface area (Å²) in [5.74, 6) is -0.0473. The van der Waals surface area contributed by atoms with E-state index in [1.165, 1.54) is 33.6 Å². The molecule has 3 rings (SSSR count). The molecule has 1 saturated heterocycles.